The van der Waals surface area contributed by atoms with E-state index in [1.54, 1.807) is 6.92 Å². The maximum Gasteiger partial charge on any atom is 0.232 e. The molecule has 0 aromatic heterocycles. The summed E-state index contributed by atoms with van der Waals surface area (Å²) in [6.45, 7) is 2.80. The highest BCUT2D eigenvalue weighted by Crippen LogP contribution is 2.22. The average Bonchev–Trinajstić information content (AvgIpc) is 3.22. The lowest BCUT2D eigenvalue weighted by Crippen LogP contribution is -2.23. The van der Waals surface area contributed by atoms with Crippen molar-refractivity contribution in [3.05, 3.63) is 24.0 Å². The summed E-state index contributed by atoms with van der Waals surface area (Å²) in [5.41, 5.74) is 0.214. The Morgan fingerprint density at radius 2 is 2.14 bits per heavy atom. The van der Waals surface area contributed by atoms with E-state index in [4.69, 9.17) is 4.74 Å². The van der Waals surface area contributed by atoms with Crippen LogP contribution >= 0.6 is 0 Å². The first-order valence-electron chi connectivity index (χ1n) is 7.16. The minimum absolute atomic E-state index is 0.0154. The molecular formula is C14H21FN2O3S. The second kappa shape index (κ2) is 7.09. The molecule has 1 aliphatic carbocycles. The Balaban J connectivity index is 1.84. The van der Waals surface area contributed by atoms with Crippen LogP contribution in [0, 0.1) is 5.82 Å². The van der Waals surface area contributed by atoms with Gasteiger partial charge in [-0.3, -0.25) is 4.72 Å². The Labute approximate surface area is 124 Å². The molecule has 5 nitrogen and oxygen atoms in total. The zero-order valence-electron chi connectivity index (χ0n) is 12.1. The van der Waals surface area contributed by atoms with E-state index in [2.05, 4.69) is 10.0 Å². The van der Waals surface area contributed by atoms with Crippen molar-refractivity contribution in [1.82, 2.24) is 5.32 Å². The molecule has 2 rings (SSSR count). The van der Waals surface area contributed by atoms with Crippen molar-refractivity contribution in [3.63, 3.8) is 0 Å². The van der Waals surface area contributed by atoms with Crippen molar-refractivity contribution in [2.24, 2.45) is 0 Å². The number of benzene rings is 1. The summed E-state index contributed by atoms with van der Waals surface area (Å²) in [6.07, 6.45) is 2.89. The Kier molecular flexibility index (Phi) is 5.41. The van der Waals surface area contributed by atoms with E-state index >= 15 is 0 Å². The Morgan fingerprint density at radius 1 is 1.38 bits per heavy atom. The highest BCUT2D eigenvalue weighted by Gasteiger charge is 2.20. The molecule has 0 amide bonds. The van der Waals surface area contributed by atoms with Gasteiger partial charge >= 0.3 is 0 Å². The van der Waals surface area contributed by atoms with Crippen LogP contribution in [0.3, 0.4) is 0 Å². The summed E-state index contributed by atoms with van der Waals surface area (Å²) in [5, 5.41) is 3.25. The summed E-state index contributed by atoms with van der Waals surface area (Å²) < 4.78 is 44.9. The summed E-state index contributed by atoms with van der Waals surface area (Å²) in [6, 6.07) is 4.62. The van der Waals surface area contributed by atoms with Gasteiger partial charge in [0, 0.05) is 12.1 Å². The van der Waals surface area contributed by atoms with Gasteiger partial charge in [0.05, 0.1) is 18.0 Å². The van der Waals surface area contributed by atoms with E-state index in [1.807, 2.05) is 0 Å². The molecule has 1 aromatic carbocycles. The summed E-state index contributed by atoms with van der Waals surface area (Å²) >= 11 is 0. The van der Waals surface area contributed by atoms with Crippen molar-refractivity contribution in [2.45, 2.75) is 32.2 Å². The SMILES string of the molecule is CCOc1ccc(NS(=O)(=O)CCCNC2CC2)cc1F. The zero-order valence-corrected chi connectivity index (χ0v) is 12.9. The quantitative estimate of drug-likeness (QED) is 0.685. The van der Waals surface area contributed by atoms with Crippen LogP contribution in [0.1, 0.15) is 26.2 Å². The van der Waals surface area contributed by atoms with Crippen molar-refractivity contribution >= 4 is 15.7 Å². The molecule has 0 radical (unpaired) electrons. The van der Waals surface area contributed by atoms with E-state index < -0.39 is 15.8 Å². The molecule has 0 unspecified atom stereocenters. The highest BCUT2D eigenvalue weighted by atomic mass is 32.2. The number of sulfonamides is 1. The Morgan fingerprint density at radius 3 is 2.76 bits per heavy atom. The van der Waals surface area contributed by atoms with Crippen molar-refractivity contribution in [2.75, 3.05) is 23.6 Å². The van der Waals surface area contributed by atoms with Gasteiger partial charge in [-0.1, -0.05) is 0 Å². The smallest absolute Gasteiger partial charge is 0.232 e. The van der Waals surface area contributed by atoms with E-state index in [9.17, 15) is 12.8 Å². The second-order valence-electron chi connectivity index (χ2n) is 5.08. The average molecular weight is 316 g/mol. The number of halogens is 1. The van der Waals surface area contributed by atoms with Crippen LogP contribution in [0.4, 0.5) is 10.1 Å². The van der Waals surface area contributed by atoms with Gasteiger partial charge in [-0.15, -0.1) is 0 Å². The van der Waals surface area contributed by atoms with Gasteiger partial charge in [-0.05, 0) is 44.9 Å². The first-order valence-corrected chi connectivity index (χ1v) is 8.81. The minimum Gasteiger partial charge on any atom is -0.491 e. The van der Waals surface area contributed by atoms with Gasteiger partial charge in [0.25, 0.3) is 0 Å². The third-order valence-electron chi connectivity index (χ3n) is 3.11. The lowest BCUT2D eigenvalue weighted by atomic mass is 10.3. The van der Waals surface area contributed by atoms with Gasteiger partial charge in [0.2, 0.25) is 10.0 Å². The number of rotatable bonds is 9. The monoisotopic (exact) mass is 316 g/mol. The normalized spacial score (nSPS) is 15.0. The van der Waals surface area contributed by atoms with E-state index in [0.29, 0.717) is 25.6 Å². The molecule has 7 heteroatoms. The summed E-state index contributed by atoms with van der Waals surface area (Å²) in [5.74, 6) is -0.441. The molecule has 0 spiro atoms. The Hall–Kier alpha value is -1.34. The first-order chi connectivity index (χ1) is 10.00. The predicted molar refractivity (Wildman–Crippen MR) is 80.6 cm³/mol. The number of nitrogens with one attached hydrogen (secondary N) is 2. The number of anilines is 1. The van der Waals surface area contributed by atoms with Crippen molar-refractivity contribution < 1.29 is 17.5 Å². The molecule has 0 aliphatic heterocycles. The molecule has 1 aliphatic rings. The number of hydrogen-bond acceptors (Lipinski definition) is 4. The topological polar surface area (TPSA) is 67.4 Å². The highest BCUT2D eigenvalue weighted by molar-refractivity contribution is 7.92. The van der Waals surface area contributed by atoms with Crippen LogP contribution in [0.25, 0.3) is 0 Å². The maximum atomic E-state index is 13.6. The minimum atomic E-state index is -3.45. The zero-order chi connectivity index (χ0) is 15.3. The van der Waals surface area contributed by atoms with Crippen LogP contribution < -0.4 is 14.8 Å². The maximum absolute atomic E-state index is 13.6. The lowest BCUT2D eigenvalue weighted by Gasteiger charge is -2.10. The van der Waals surface area contributed by atoms with Crippen LogP contribution in [0.15, 0.2) is 18.2 Å². The molecule has 0 heterocycles. The van der Waals surface area contributed by atoms with E-state index in [-0.39, 0.29) is 17.2 Å². The Bertz CT molecular complexity index is 574. The van der Waals surface area contributed by atoms with Gasteiger partial charge in [0.15, 0.2) is 11.6 Å². The largest absolute Gasteiger partial charge is 0.491 e. The molecule has 1 aromatic rings. The molecule has 118 valence electrons. The third kappa shape index (κ3) is 5.51. The lowest BCUT2D eigenvalue weighted by molar-refractivity contribution is 0.321. The fourth-order valence-electron chi connectivity index (χ4n) is 1.92. The van der Waals surface area contributed by atoms with Crippen LogP contribution in [-0.2, 0) is 10.0 Å². The molecule has 0 saturated heterocycles. The van der Waals surface area contributed by atoms with Crippen LogP contribution in [0.5, 0.6) is 5.75 Å². The molecule has 0 atom stereocenters. The van der Waals surface area contributed by atoms with Gasteiger partial charge in [-0.25, -0.2) is 12.8 Å². The van der Waals surface area contributed by atoms with Crippen LogP contribution in [0.2, 0.25) is 0 Å². The van der Waals surface area contributed by atoms with Gasteiger partial charge in [0.1, 0.15) is 0 Å². The molecule has 21 heavy (non-hydrogen) atoms. The molecular weight excluding hydrogens is 295 g/mol. The standard InChI is InChI=1S/C14H21FN2O3S/c1-2-20-14-7-6-12(10-13(14)15)17-21(18,19)9-3-8-16-11-4-5-11/h6-7,10-11,16-17H,2-5,8-9H2,1H3. The summed E-state index contributed by atoms with van der Waals surface area (Å²) in [7, 11) is -3.45. The van der Waals surface area contributed by atoms with Gasteiger partial charge < -0.3 is 10.1 Å². The number of hydrogen-bond donors (Lipinski definition) is 2. The van der Waals surface area contributed by atoms with Gasteiger partial charge in [-0.2, -0.15) is 0 Å². The number of ether oxygens (including phenoxy) is 1. The molecule has 0 bridgehead atoms. The third-order valence-corrected chi connectivity index (χ3v) is 4.48. The molecule has 2 N–H and O–H groups in total. The van der Waals surface area contributed by atoms with E-state index in [0.717, 1.165) is 6.07 Å². The fourth-order valence-corrected chi connectivity index (χ4v) is 3.04. The molecule has 1 saturated carbocycles. The fraction of sp³-hybridized carbons (Fsp3) is 0.571. The molecule has 1 fully saturated rings. The van der Waals surface area contributed by atoms with Crippen LogP contribution in [-0.4, -0.2) is 33.4 Å². The first kappa shape index (κ1) is 16.0. The second-order valence-corrected chi connectivity index (χ2v) is 6.92. The predicted octanol–water partition coefficient (Wildman–Crippen LogP) is 2.11. The summed E-state index contributed by atoms with van der Waals surface area (Å²) in [4.78, 5) is 0. The van der Waals surface area contributed by atoms with Crippen molar-refractivity contribution in [3.8, 4) is 5.75 Å². The van der Waals surface area contributed by atoms with E-state index in [1.165, 1.54) is 25.0 Å². The van der Waals surface area contributed by atoms with Crippen molar-refractivity contribution in [1.29, 1.82) is 0 Å².